The maximum Gasteiger partial charge on any atom is 0.0661 e. The third kappa shape index (κ3) is 2.68. The Morgan fingerprint density at radius 3 is 2.53 bits per heavy atom. The van der Waals surface area contributed by atoms with Crippen LogP contribution in [-0.4, -0.2) is 25.8 Å². The minimum absolute atomic E-state index is 0.490. The van der Waals surface area contributed by atoms with E-state index in [0.717, 1.165) is 12.5 Å². The van der Waals surface area contributed by atoms with Crippen LogP contribution in [0.4, 0.5) is 0 Å². The molecule has 0 radical (unpaired) electrons. The van der Waals surface area contributed by atoms with Gasteiger partial charge in [0.05, 0.1) is 6.10 Å². The third-order valence-electron chi connectivity index (χ3n) is 4.93. The molecule has 2 nitrogen and oxygen atoms in total. The van der Waals surface area contributed by atoms with E-state index < -0.39 is 0 Å². The predicted molar refractivity (Wildman–Crippen MR) is 72.2 cm³/mol. The topological polar surface area (TPSA) is 21.3 Å². The summed E-state index contributed by atoms with van der Waals surface area (Å²) < 4.78 is 6.17. The molecule has 2 aliphatic rings. The van der Waals surface area contributed by atoms with Gasteiger partial charge in [0.25, 0.3) is 0 Å². The second-order valence-corrected chi connectivity index (χ2v) is 6.41. The SMILES string of the molecule is CNC1CC(OCCC(C)C)C12CCCCC2. The van der Waals surface area contributed by atoms with Crippen molar-refractivity contribution in [2.24, 2.45) is 11.3 Å². The third-order valence-corrected chi connectivity index (χ3v) is 4.93. The smallest absolute Gasteiger partial charge is 0.0661 e. The lowest BCUT2D eigenvalue weighted by Crippen LogP contribution is -2.63. The first-order valence-electron chi connectivity index (χ1n) is 7.48. The Morgan fingerprint density at radius 1 is 1.24 bits per heavy atom. The van der Waals surface area contributed by atoms with Gasteiger partial charge in [-0.15, -0.1) is 0 Å². The molecular formula is C15H29NO. The van der Waals surface area contributed by atoms with Gasteiger partial charge in [0.15, 0.2) is 0 Å². The first-order valence-corrected chi connectivity index (χ1v) is 7.48. The normalized spacial score (nSPS) is 31.8. The molecule has 2 aliphatic carbocycles. The first-order chi connectivity index (χ1) is 8.19. The highest BCUT2D eigenvalue weighted by molar-refractivity contribution is 5.08. The van der Waals surface area contributed by atoms with Gasteiger partial charge < -0.3 is 10.1 Å². The van der Waals surface area contributed by atoms with E-state index in [-0.39, 0.29) is 0 Å². The van der Waals surface area contributed by atoms with Crippen LogP contribution < -0.4 is 5.32 Å². The van der Waals surface area contributed by atoms with Crippen molar-refractivity contribution in [3.8, 4) is 0 Å². The molecular weight excluding hydrogens is 210 g/mol. The molecule has 0 aromatic rings. The zero-order valence-electron chi connectivity index (χ0n) is 11.8. The van der Waals surface area contributed by atoms with E-state index in [2.05, 4.69) is 26.2 Å². The van der Waals surface area contributed by atoms with Crippen LogP contribution in [0.15, 0.2) is 0 Å². The molecule has 0 heterocycles. The highest BCUT2D eigenvalue weighted by Crippen LogP contribution is 2.53. The summed E-state index contributed by atoms with van der Waals surface area (Å²) in [6.45, 7) is 5.51. The molecule has 0 amide bonds. The Labute approximate surface area is 107 Å². The molecule has 0 saturated heterocycles. The van der Waals surface area contributed by atoms with Gasteiger partial charge in [0.2, 0.25) is 0 Å². The second kappa shape index (κ2) is 5.71. The van der Waals surface area contributed by atoms with Crippen LogP contribution in [0.3, 0.4) is 0 Å². The lowest BCUT2D eigenvalue weighted by molar-refractivity contribution is -0.152. The Hall–Kier alpha value is -0.0800. The second-order valence-electron chi connectivity index (χ2n) is 6.41. The summed E-state index contributed by atoms with van der Waals surface area (Å²) in [6, 6.07) is 0.715. The molecule has 1 N–H and O–H groups in total. The minimum atomic E-state index is 0.490. The van der Waals surface area contributed by atoms with Crippen molar-refractivity contribution in [1.82, 2.24) is 5.32 Å². The number of hydrogen-bond acceptors (Lipinski definition) is 2. The summed E-state index contributed by atoms with van der Waals surface area (Å²) >= 11 is 0. The van der Waals surface area contributed by atoms with E-state index in [1.165, 1.54) is 44.9 Å². The Balaban J connectivity index is 1.85. The van der Waals surface area contributed by atoms with Gasteiger partial charge in [-0.3, -0.25) is 0 Å². The molecule has 1 spiro atoms. The van der Waals surface area contributed by atoms with Gasteiger partial charge in [0, 0.05) is 18.1 Å². The summed E-state index contributed by atoms with van der Waals surface area (Å²) in [5.41, 5.74) is 0.490. The quantitative estimate of drug-likeness (QED) is 0.794. The molecule has 2 heteroatoms. The van der Waals surface area contributed by atoms with Gasteiger partial charge in [-0.25, -0.2) is 0 Å². The van der Waals surface area contributed by atoms with E-state index in [1.54, 1.807) is 0 Å². The Morgan fingerprint density at radius 2 is 1.94 bits per heavy atom. The van der Waals surface area contributed by atoms with Gasteiger partial charge in [0.1, 0.15) is 0 Å². The molecule has 17 heavy (non-hydrogen) atoms. The van der Waals surface area contributed by atoms with E-state index in [1.807, 2.05) is 0 Å². The van der Waals surface area contributed by atoms with Crippen LogP contribution in [0.2, 0.25) is 0 Å². The van der Waals surface area contributed by atoms with Crippen molar-refractivity contribution in [1.29, 1.82) is 0 Å². The zero-order chi connectivity index (χ0) is 12.3. The van der Waals surface area contributed by atoms with Crippen molar-refractivity contribution >= 4 is 0 Å². The molecule has 0 bridgehead atoms. The fourth-order valence-corrected chi connectivity index (χ4v) is 3.71. The van der Waals surface area contributed by atoms with Crippen molar-refractivity contribution < 1.29 is 4.74 Å². The van der Waals surface area contributed by atoms with E-state index in [9.17, 15) is 0 Å². The van der Waals surface area contributed by atoms with Crippen LogP contribution in [-0.2, 0) is 4.74 Å². The summed E-state index contributed by atoms with van der Waals surface area (Å²) in [4.78, 5) is 0. The maximum absolute atomic E-state index is 6.17. The van der Waals surface area contributed by atoms with E-state index in [0.29, 0.717) is 17.6 Å². The number of rotatable bonds is 5. The molecule has 0 aliphatic heterocycles. The number of hydrogen-bond donors (Lipinski definition) is 1. The standard InChI is InChI=1S/C15H29NO/c1-12(2)7-10-17-14-11-13(16-3)15(14)8-5-4-6-9-15/h12-14,16H,4-11H2,1-3H3. The fraction of sp³-hybridized carbons (Fsp3) is 1.00. The first kappa shape index (κ1) is 13.4. The molecule has 2 atom stereocenters. The maximum atomic E-state index is 6.17. The molecule has 2 fully saturated rings. The summed E-state index contributed by atoms with van der Waals surface area (Å²) in [6.07, 6.45) is 9.97. The fourth-order valence-electron chi connectivity index (χ4n) is 3.71. The van der Waals surface area contributed by atoms with E-state index >= 15 is 0 Å². The molecule has 0 aromatic heterocycles. The van der Waals surface area contributed by atoms with Crippen LogP contribution in [0.1, 0.15) is 58.8 Å². The average Bonchev–Trinajstić information content (AvgIpc) is 2.33. The summed E-state index contributed by atoms with van der Waals surface area (Å²) in [7, 11) is 2.12. The highest BCUT2D eigenvalue weighted by Gasteiger charge is 2.54. The van der Waals surface area contributed by atoms with Crippen molar-refractivity contribution in [3.05, 3.63) is 0 Å². The lowest BCUT2D eigenvalue weighted by Gasteiger charge is -2.57. The van der Waals surface area contributed by atoms with Crippen molar-refractivity contribution in [3.63, 3.8) is 0 Å². The molecule has 2 rings (SSSR count). The molecule has 100 valence electrons. The van der Waals surface area contributed by atoms with Crippen LogP contribution in [0.5, 0.6) is 0 Å². The lowest BCUT2D eigenvalue weighted by atomic mass is 9.55. The van der Waals surface area contributed by atoms with Crippen LogP contribution in [0, 0.1) is 11.3 Å². The summed E-state index contributed by atoms with van der Waals surface area (Å²) in [5, 5.41) is 3.51. The Kier molecular flexibility index (Phi) is 4.48. The molecule has 0 aromatic carbocycles. The van der Waals surface area contributed by atoms with Crippen molar-refractivity contribution in [2.75, 3.05) is 13.7 Å². The van der Waals surface area contributed by atoms with E-state index in [4.69, 9.17) is 4.74 Å². The average molecular weight is 239 g/mol. The van der Waals surface area contributed by atoms with Crippen LogP contribution in [0.25, 0.3) is 0 Å². The number of nitrogens with one attached hydrogen (secondary N) is 1. The van der Waals surface area contributed by atoms with Crippen LogP contribution >= 0.6 is 0 Å². The number of ether oxygens (including phenoxy) is 1. The minimum Gasteiger partial charge on any atom is -0.378 e. The van der Waals surface area contributed by atoms with Gasteiger partial charge >= 0.3 is 0 Å². The molecule has 2 saturated carbocycles. The van der Waals surface area contributed by atoms with Gasteiger partial charge in [-0.2, -0.15) is 0 Å². The predicted octanol–water partition coefficient (Wildman–Crippen LogP) is 3.36. The zero-order valence-corrected chi connectivity index (χ0v) is 11.8. The molecule has 2 unspecified atom stereocenters. The monoisotopic (exact) mass is 239 g/mol. The van der Waals surface area contributed by atoms with Crippen molar-refractivity contribution in [2.45, 2.75) is 70.9 Å². The Bertz CT molecular complexity index is 233. The largest absolute Gasteiger partial charge is 0.378 e. The highest BCUT2D eigenvalue weighted by atomic mass is 16.5. The summed E-state index contributed by atoms with van der Waals surface area (Å²) in [5.74, 6) is 0.762. The van der Waals surface area contributed by atoms with Gasteiger partial charge in [-0.1, -0.05) is 33.1 Å². The van der Waals surface area contributed by atoms with Gasteiger partial charge in [-0.05, 0) is 38.6 Å².